The summed E-state index contributed by atoms with van der Waals surface area (Å²) in [5.41, 5.74) is 12.1. The minimum Gasteiger partial charge on any atom is -0.256 e. The fraction of sp³-hybridized carbons (Fsp3) is 0.160. The van der Waals surface area contributed by atoms with Crippen LogP contribution in [0.3, 0.4) is 0 Å². The number of hydrogen-bond donors (Lipinski definition) is 0. The first-order valence-corrected chi connectivity index (χ1v) is 9.49. The molecule has 0 bridgehead atoms. The molecule has 126 valence electrons. The molecule has 0 fully saturated rings. The van der Waals surface area contributed by atoms with Crippen LogP contribution in [0.1, 0.15) is 54.1 Å². The van der Waals surface area contributed by atoms with E-state index >= 15 is 0 Å². The van der Waals surface area contributed by atoms with Gasteiger partial charge >= 0.3 is 0 Å². The summed E-state index contributed by atoms with van der Waals surface area (Å²) in [7, 11) is 0. The molecule has 2 aliphatic rings. The first-order valence-electron chi connectivity index (χ1n) is 9.49. The van der Waals surface area contributed by atoms with E-state index in [4.69, 9.17) is 4.98 Å². The predicted molar refractivity (Wildman–Crippen MR) is 109 cm³/mol. The van der Waals surface area contributed by atoms with Crippen LogP contribution in [0.5, 0.6) is 0 Å². The van der Waals surface area contributed by atoms with Gasteiger partial charge in [-0.25, -0.2) is 0 Å². The van der Waals surface area contributed by atoms with Crippen molar-refractivity contribution >= 4 is 22.3 Å². The van der Waals surface area contributed by atoms with Crippen LogP contribution in [0.15, 0.2) is 72.9 Å². The number of unbranched alkanes of at least 4 members (excludes halogenated alkanes) is 1. The van der Waals surface area contributed by atoms with Gasteiger partial charge in [0.25, 0.3) is 0 Å². The van der Waals surface area contributed by atoms with Crippen molar-refractivity contribution in [1.82, 2.24) is 4.98 Å². The third-order valence-corrected chi connectivity index (χ3v) is 5.49. The normalized spacial score (nSPS) is 14.5. The fourth-order valence-corrected chi connectivity index (χ4v) is 4.39. The number of aromatic nitrogens is 1. The molecule has 0 atom stereocenters. The van der Waals surface area contributed by atoms with Gasteiger partial charge in [-0.05, 0) is 58.4 Å². The largest absolute Gasteiger partial charge is 0.256 e. The molecule has 0 N–H and O–H groups in total. The highest BCUT2D eigenvalue weighted by molar-refractivity contribution is 6.33. The van der Waals surface area contributed by atoms with Crippen LogP contribution in [0.4, 0.5) is 0 Å². The van der Waals surface area contributed by atoms with E-state index in [0.29, 0.717) is 0 Å². The zero-order chi connectivity index (χ0) is 17.5. The summed E-state index contributed by atoms with van der Waals surface area (Å²) in [5, 5.41) is 0. The third kappa shape index (κ3) is 2.13. The molecule has 0 radical (unpaired) electrons. The van der Waals surface area contributed by atoms with E-state index in [1.54, 1.807) is 0 Å². The Morgan fingerprint density at radius 3 is 1.92 bits per heavy atom. The van der Waals surface area contributed by atoms with Crippen LogP contribution in [0.25, 0.3) is 22.3 Å². The number of pyridine rings is 1. The average molecular weight is 335 g/mol. The highest BCUT2D eigenvalue weighted by atomic mass is 14.7. The molecule has 0 spiro atoms. The van der Waals surface area contributed by atoms with Gasteiger partial charge in [0.15, 0.2) is 0 Å². The summed E-state index contributed by atoms with van der Waals surface area (Å²) in [6.45, 7) is 2.27. The lowest BCUT2D eigenvalue weighted by Crippen LogP contribution is -1.93. The molecule has 1 aromatic heterocycles. The maximum atomic E-state index is 4.70. The topological polar surface area (TPSA) is 12.9 Å². The van der Waals surface area contributed by atoms with Crippen molar-refractivity contribution in [1.29, 1.82) is 0 Å². The van der Waals surface area contributed by atoms with E-state index in [9.17, 15) is 0 Å². The lowest BCUT2D eigenvalue weighted by molar-refractivity contribution is 0.825. The van der Waals surface area contributed by atoms with Crippen LogP contribution in [0.2, 0.25) is 0 Å². The van der Waals surface area contributed by atoms with Crippen molar-refractivity contribution in [3.63, 3.8) is 0 Å². The standard InChI is InChI=1S/C25H21N/c1-2-3-10-18-17-11-4-5-12-19(17)25-23(18)20-13-6-7-14-21(20)24(25)22-15-8-9-16-26-22/h4-9,11-16H,2-3,10H2,1H3. The Morgan fingerprint density at radius 1 is 0.654 bits per heavy atom. The van der Waals surface area contributed by atoms with Gasteiger partial charge in [-0.15, -0.1) is 0 Å². The smallest absolute Gasteiger partial charge is 0.0714 e. The van der Waals surface area contributed by atoms with E-state index in [1.807, 2.05) is 12.3 Å². The zero-order valence-corrected chi connectivity index (χ0v) is 15.0. The van der Waals surface area contributed by atoms with Gasteiger partial charge in [-0.2, -0.15) is 0 Å². The molecule has 0 saturated carbocycles. The molecule has 26 heavy (non-hydrogen) atoms. The lowest BCUT2D eigenvalue weighted by atomic mass is 9.94. The Morgan fingerprint density at radius 2 is 1.27 bits per heavy atom. The molecule has 1 heteroatoms. The molecule has 3 aromatic rings. The summed E-state index contributed by atoms with van der Waals surface area (Å²) >= 11 is 0. The highest BCUT2D eigenvalue weighted by Gasteiger charge is 2.36. The van der Waals surface area contributed by atoms with E-state index in [1.165, 1.54) is 57.4 Å². The summed E-state index contributed by atoms with van der Waals surface area (Å²) in [6, 6.07) is 23.9. The van der Waals surface area contributed by atoms with Crippen LogP contribution >= 0.6 is 0 Å². The molecule has 1 heterocycles. The second-order valence-electron chi connectivity index (χ2n) is 7.01. The maximum absolute atomic E-state index is 4.70. The van der Waals surface area contributed by atoms with Crippen molar-refractivity contribution in [2.45, 2.75) is 26.2 Å². The fourth-order valence-electron chi connectivity index (χ4n) is 4.39. The average Bonchev–Trinajstić information content (AvgIpc) is 3.20. The van der Waals surface area contributed by atoms with Gasteiger partial charge in [0.05, 0.1) is 5.69 Å². The minimum atomic E-state index is 1.07. The Bertz CT molecular complexity index is 1050. The van der Waals surface area contributed by atoms with Crippen molar-refractivity contribution in [2.24, 2.45) is 0 Å². The second kappa shape index (κ2) is 6.10. The first kappa shape index (κ1) is 15.3. The van der Waals surface area contributed by atoms with Gasteiger partial charge in [0.1, 0.15) is 0 Å². The van der Waals surface area contributed by atoms with E-state index in [-0.39, 0.29) is 0 Å². The molecule has 0 unspecified atom stereocenters. The second-order valence-corrected chi connectivity index (χ2v) is 7.01. The molecule has 0 amide bonds. The van der Waals surface area contributed by atoms with Crippen molar-refractivity contribution in [3.8, 4) is 0 Å². The van der Waals surface area contributed by atoms with Gasteiger partial charge in [0, 0.05) is 17.3 Å². The SMILES string of the molecule is CCCCC1=C2C(=C(c3ccccn3)c3ccccc32)c2ccccc21. The zero-order valence-electron chi connectivity index (χ0n) is 15.0. The minimum absolute atomic E-state index is 1.07. The molecular weight excluding hydrogens is 314 g/mol. The number of nitrogens with zero attached hydrogens (tertiary/aromatic N) is 1. The lowest BCUT2D eigenvalue weighted by Gasteiger charge is -2.10. The van der Waals surface area contributed by atoms with Crippen molar-refractivity contribution in [3.05, 3.63) is 101 Å². The monoisotopic (exact) mass is 335 g/mol. The van der Waals surface area contributed by atoms with Crippen LogP contribution < -0.4 is 0 Å². The summed E-state index contributed by atoms with van der Waals surface area (Å²) < 4.78 is 0. The molecule has 0 aliphatic heterocycles. The Kier molecular flexibility index (Phi) is 3.60. The highest BCUT2D eigenvalue weighted by Crippen LogP contribution is 2.57. The van der Waals surface area contributed by atoms with Crippen LogP contribution in [0, 0.1) is 0 Å². The number of allylic oxidation sites excluding steroid dienone is 3. The predicted octanol–water partition coefficient (Wildman–Crippen LogP) is 6.47. The van der Waals surface area contributed by atoms with Crippen molar-refractivity contribution < 1.29 is 0 Å². The first-order chi connectivity index (χ1) is 12.9. The van der Waals surface area contributed by atoms with Gasteiger partial charge < -0.3 is 0 Å². The van der Waals surface area contributed by atoms with E-state index in [2.05, 4.69) is 67.6 Å². The molecule has 2 aromatic carbocycles. The molecule has 2 aliphatic carbocycles. The van der Waals surface area contributed by atoms with Crippen LogP contribution in [-0.4, -0.2) is 4.98 Å². The Labute approximate surface area is 154 Å². The third-order valence-electron chi connectivity index (χ3n) is 5.49. The van der Waals surface area contributed by atoms with Gasteiger partial charge in [0.2, 0.25) is 0 Å². The Balaban J connectivity index is 1.86. The Hall–Kier alpha value is -2.93. The van der Waals surface area contributed by atoms with Crippen LogP contribution in [-0.2, 0) is 0 Å². The maximum Gasteiger partial charge on any atom is 0.0714 e. The van der Waals surface area contributed by atoms with Gasteiger partial charge in [-0.3, -0.25) is 4.98 Å². The van der Waals surface area contributed by atoms with E-state index in [0.717, 1.165) is 12.1 Å². The van der Waals surface area contributed by atoms with Crippen molar-refractivity contribution in [2.75, 3.05) is 0 Å². The molecule has 0 saturated heterocycles. The number of hydrogen-bond acceptors (Lipinski definition) is 1. The van der Waals surface area contributed by atoms with E-state index < -0.39 is 0 Å². The molecule has 1 nitrogen and oxygen atoms in total. The quantitative estimate of drug-likeness (QED) is 0.532. The number of rotatable bonds is 4. The number of benzene rings is 2. The summed E-state index contributed by atoms with van der Waals surface area (Å²) in [6.07, 6.45) is 5.47. The number of fused-ring (bicyclic) bond motifs is 5. The molecular formula is C25H21N. The summed E-state index contributed by atoms with van der Waals surface area (Å²) in [5.74, 6) is 0. The molecule has 5 rings (SSSR count). The summed E-state index contributed by atoms with van der Waals surface area (Å²) in [4.78, 5) is 4.70. The van der Waals surface area contributed by atoms with Gasteiger partial charge in [-0.1, -0.05) is 67.9 Å².